The fraction of sp³-hybridized carbons (Fsp3) is 0.292. The van der Waals surface area contributed by atoms with Crippen LogP contribution in [0, 0.1) is 0 Å². The Morgan fingerprint density at radius 2 is 1.83 bits per heavy atom. The molecule has 0 aromatic heterocycles. The van der Waals surface area contributed by atoms with Crippen molar-refractivity contribution in [1.29, 1.82) is 0 Å². The second kappa shape index (κ2) is 9.07. The normalized spacial score (nSPS) is 15.8. The van der Waals surface area contributed by atoms with Crippen LogP contribution in [0.2, 0.25) is 0 Å². The molecule has 3 aromatic carbocycles. The molecular weight excluding hydrogens is 364 g/mol. The number of methoxy groups -OCH3 is 1. The van der Waals surface area contributed by atoms with Gasteiger partial charge >= 0.3 is 0 Å². The maximum absolute atomic E-state index is 12.8. The summed E-state index contributed by atoms with van der Waals surface area (Å²) in [6.07, 6.45) is 0. The molecule has 5 heteroatoms. The van der Waals surface area contributed by atoms with Crippen LogP contribution < -0.4 is 10.1 Å². The molecule has 1 amide bonds. The van der Waals surface area contributed by atoms with Gasteiger partial charge in [0, 0.05) is 25.2 Å². The Kier molecular flexibility index (Phi) is 6.08. The van der Waals surface area contributed by atoms with Crippen LogP contribution in [-0.2, 0) is 4.74 Å². The van der Waals surface area contributed by atoms with E-state index in [1.807, 2.05) is 12.1 Å². The van der Waals surface area contributed by atoms with E-state index in [0.717, 1.165) is 13.1 Å². The van der Waals surface area contributed by atoms with Gasteiger partial charge in [-0.1, -0.05) is 48.5 Å². The third kappa shape index (κ3) is 4.42. The Morgan fingerprint density at radius 1 is 1.07 bits per heavy atom. The lowest BCUT2D eigenvalue weighted by Gasteiger charge is -2.35. The first-order chi connectivity index (χ1) is 14.3. The molecule has 1 atom stereocenters. The quantitative estimate of drug-likeness (QED) is 0.698. The highest BCUT2D eigenvalue weighted by atomic mass is 16.5. The molecule has 29 heavy (non-hydrogen) atoms. The molecule has 1 unspecified atom stereocenters. The van der Waals surface area contributed by atoms with E-state index in [0.29, 0.717) is 31.1 Å². The number of carbonyl (C=O) groups is 1. The van der Waals surface area contributed by atoms with Crippen LogP contribution in [-0.4, -0.2) is 50.8 Å². The standard InChI is InChI=1S/C24H26N2O3/c1-28-20-9-4-8-19(16-20)24(27)25-17-23(26-12-14-29-15-13-26)22-11-5-7-18-6-2-3-10-21(18)22/h2-11,16,23H,12-15,17H2,1H3,(H,25,27). The summed E-state index contributed by atoms with van der Waals surface area (Å²) in [5.41, 5.74) is 1.83. The largest absolute Gasteiger partial charge is 0.497 e. The van der Waals surface area contributed by atoms with Gasteiger partial charge < -0.3 is 14.8 Å². The van der Waals surface area contributed by atoms with Crippen LogP contribution in [0.25, 0.3) is 10.8 Å². The lowest BCUT2D eigenvalue weighted by atomic mass is 9.97. The number of hydrogen-bond donors (Lipinski definition) is 1. The Labute approximate surface area is 171 Å². The summed E-state index contributed by atoms with van der Waals surface area (Å²) in [5, 5.41) is 5.57. The fourth-order valence-electron chi connectivity index (χ4n) is 3.92. The number of fused-ring (bicyclic) bond motifs is 1. The second-order valence-corrected chi connectivity index (χ2v) is 7.17. The molecule has 1 fully saturated rings. The van der Waals surface area contributed by atoms with Crippen LogP contribution in [0.3, 0.4) is 0 Å². The van der Waals surface area contributed by atoms with E-state index in [9.17, 15) is 4.79 Å². The van der Waals surface area contributed by atoms with Gasteiger partial charge in [0.15, 0.2) is 0 Å². The molecule has 1 heterocycles. The predicted octanol–water partition coefficient (Wildman–Crippen LogP) is 3.65. The molecule has 0 bridgehead atoms. The minimum atomic E-state index is -0.0950. The van der Waals surface area contributed by atoms with Crippen LogP contribution in [0.4, 0.5) is 0 Å². The van der Waals surface area contributed by atoms with Gasteiger partial charge in [0.05, 0.1) is 26.4 Å². The minimum Gasteiger partial charge on any atom is -0.497 e. The first-order valence-corrected chi connectivity index (χ1v) is 9.98. The zero-order valence-corrected chi connectivity index (χ0v) is 16.6. The lowest BCUT2D eigenvalue weighted by Crippen LogP contribution is -2.43. The molecule has 4 rings (SSSR count). The van der Waals surface area contributed by atoms with Crippen molar-refractivity contribution >= 4 is 16.7 Å². The fourth-order valence-corrected chi connectivity index (χ4v) is 3.92. The topological polar surface area (TPSA) is 50.8 Å². The van der Waals surface area contributed by atoms with Crippen molar-refractivity contribution < 1.29 is 14.3 Å². The number of hydrogen-bond acceptors (Lipinski definition) is 4. The lowest BCUT2D eigenvalue weighted by molar-refractivity contribution is 0.0165. The van der Waals surface area contributed by atoms with Gasteiger partial charge in [0.25, 0.3) is 5.91 Å². The van der Waals surface area contributed by atoms with Crippen molar-refractivity contribution in [1.82, 2.24) is 10.2 Å². The molecule has 1 saturated heterocycles. The third-order valence-corrected chi connectivity index (χ3v) is 5.46. The van der Waals surface area contributed by atoms with Gasteiger partial charge in [-0.05, 0) is 34.5 Å². The molecule has 1 aliphatic heterocycles. The zero-order chi connectivity index (χ0) is 20.1. The number of carbonyl (C=O) groups excluding carboxylic acids is 1. The SMILES string of the molecule is COc1cccc(C(=O)NCC(c2cccc3ccccc23)N2CCOCC2)c1. The first-order valence-electron chi connectivity index (χ1n) is 9.98. The number of nitrogens with zero attached hydrogens (tertiary/aromatic N) is 1. The molecule has 0 aliphatic carbocycles. The summed E-state index contributed by atoms with van der Waals surface area (Å²) in [6, 6.07) is 22.1. The third-order valence-electron chi connectivity index (χ3n) is 5.46. The Balaban J connectivity index is 1.60. The van der Waals surface area contributed by atoms with E-state index in [1.54, 1.807) is 19.2 Å². The van der Waals surface area contributed by atoms with E-state index in [4.69, 9.17) is 9.47 Å². The van der Waals surface area contributed by atoms with Gasteiger partial charge in [-0.2, -0.15) is 0 Å². The van der Waals surface area contributed by atoms with E-state index < -0.39 is 0 Å². The maximum atomic E-state index is 12.8. The summed E-state index contributed by atoms with van der Waals surface area (Å²) in [4.78, 5) is 15.2. The molecular formula is C24H26N2O3. The number of benzene rings is 3. The number of morpholine rings is 1. The average molecular weight is 390 g/mol. The van der Waals surface area contributed by atoms with Crippen LogP contribution >= 0.6 is 0 Å². The van der Waals surface area contributed by atoms with E-state index in [2.05, 4.69) is 52.7 Å². The van der Waals surface area contributed by atoms with Crippen molar-refractivity contribution in [3.05, 3.63) is 77.9 Å². The average Bonchev–Trinajstić information content (AvgIpc) is 2.80. The number of ether oxygens (including phenoxy) is 2. The van der Waals surface area contributed by atoms with Crippen molar-refractivity contribution in [3.63, 3.8) is 0 Å². The number of rotatable bonds is 6. The van der Waals surface area contributed by atoms with Crippen molar-refractivity contribution in [2.24, 2.45) is 0 Å². The Morgan fingerprint density at radius 3 is 2.66 bits per heavy atom. The highest BCUT2D eigenvalue weighted by molar-refractivity contribution is 5.94. The molecule has 150 valence electrons. The zero-order valence-electron chi connectivity index (χ0n) is 16.6. The number of nitrogens with one attached hydrogen (secondary N) is 1. The monoisotopic (exact) mass is 390 g/mol. The maximum Gasteiger partial charge on any atom is 0.251 e. The Bertz CT molecular complexity index is 977. The molecule has 5 nitrogen and oxygen atoms in total. The van der Waals surface area contributed by atoms with E-state index >= 15 is 0 Å². The minimum absolute atomic E-state index is 0.0829. The Hall–Kier alpha value is -2.89. The van der Waals surface area contributed by atoms with E-state index in [-0.39, 0.29) is 11.9 Å². The second-order valence-electron chi connectivity index (χ2n) is 7.17. The molecule has 1 aliphatic rings. The van der Waals surface area contributed by atoms with Gasteiger partial charge in [-0.15, -0.1) is 0 Å². The molecule has 0 spiro atoms. The van der Waals surface area contributed by atoms with E-state index in [1.165, 1.54) is 16.3 Å². The summed E-state index contributed by atoms with van der Waals surface area (Å²) in [6.45, 7) is 3.66. The summed E-state index contributed by atoms with van der Waals surface area (Å²) in [7, 11) is 1.60. The van der Waals surface area contributed by atoms with Gasteiger partial charge in [0.1, 0.15) is 5.75 Å². The van der Waals surface area contributed by atoms with Gasteiger partial charge in [-0.25, -0.2) is 0 Å². The van der Waals surface area contributed by atoms with Crippen LogP contribution in [0.15, 0.2) is 66.7 Å². The van der Waals surface area contributed by atoms with Crippen LogP contribution in [0.5, 0.6) is 5.75 Å². The summed E-state index contributed by atoms with van der Waals surface area (Å²) in [5.74, 6) is 0.582. The smallest absolute Gasteiger partial charge is 0.251 e. The van der Waals surface area contributed by atoms with Crippen molar-refractivity contribution in [3.8, 4) is 5.75 Å². The molecule has 3 aromatic rings. The summed E-state index contributed by atoms with van der Waals surface area (Å²) >= 11 is 0. The molecule has 0 saturated carbocycles. The first kappa shape index (κ1) is 19.4. The summed E-state index contributed by atoms with van der Waals surface area (Å²) < 4.78 is 10.8. The highest BCUT2D eigenvalue weighted by Crippen LogP contribution is 2.29. The number of amides is 1. The van der Waals surface area contributed by atoms with Crippen LogP contribution in [0.1, 0.15) is 22.0 Å². The highest BCUT2D eigenvalue weighted by Gasteiger charge is 2.24. The predicted molar refractivity (Wildman–Crippen MR) is 114 cm³/mol. The van der Waals surface area contributed by atoms with Gasteiger partial charge in [-0.3, -0.25) is 9.69 Å². The van der Waals surface area contributed by atoms with Gasteiger partial charge in [0.2, 0.25) is 0 Å². The molecule has 0 radical (unpaired) electrons. The molecule has 1 N–H and O–H groups in total. The van der Waals surface area contributed by atoms with Crippen molar-refractivity contribution in [2.75, 3.05) is 40.0 Å². The van der Waals surface area contributed by atoms with Crippen molar-refractivity contribution in [2.45, 2.75) is 6.04 Å².